The molecule has 100 valence electrons. The van der Waals surface area contributed by atoms with Gasteiger partial charge in [-0.1, -0.05) is 48.9 Å². The number of hydrogen-bond acceptors (Lipinski definition) is 3. The van der Waals surface area contributed by atoms with E-state index in [2.05, 4.69) is 41.1 Å². The van der Waals surface area contributed by atoms with Crippen LogP contribution in [0.2, 0.25) is 5.02 Å². The van der Waals surface area contributed by atoms with Gasteiger partial charge in [-0.2, -0.15) is 0 Å². The van der Waals surface area contributed by atoms with E-state index in [0.717, 1.165) is 18.8 Å². The minimum Gasteiger partial charge on any atom is -0.384 e. The second-order valence-corrected chi connectivity index (χ2v) is 4.86. The lowest BCUT2D eigenvalue weighted by Gasteiger charge is -2.20. The van der Waals surface area contributed by atoms with Gasteiger partial charge < -0.3 is 5.73 Å². The van der Waals surface area contributed by atoms with Gasteiger partial charge in [0.2, 0.25) is 0 Å². The zero-order valence-corrected chi connectivity index (χ0v) is 11.8. The summed E-state index contributed by atoms with van der Waals surface area (Å²) in [6.07, 6.45) is 0. The molecule has 0 bridgehead atoms. The number of nitrogens with two attached hydrogens (primary N) is 1. The van der Waals surface area contributed by atoms with Crippen molar-refractivity contribution in [2.24, 2.45) is 0 Å². The molecule has 0 spiro atoms. The van der Waals surface area contributed by atoms with Crippen LogP contribution in [-0.2, 0) is 13.1 Å². The molecule has 1 heterocycles. The highest BCUT2D eigenvalue weighted by Crippen LogP contribution is 2.18. The smallest absolute Gasteiger partial charge is 0.123 e. The van der Waals surface area contributed by atoms with E-state index in [1.54, 1.807) is 12.1 Å². The third-order valence-electron chi connectivity index (χ3n) is 3.01. The monoisotopic (exact) mass is 275 g/mol. The molecule has 0 amide bonds. The van der Waals surface area contributed by atoms with E-state index < -0.39 is 0 Å². The second kappa shape index (κ2) is 6.55. The third-order valence-corrected chi connectivity index (χ3v) is 3.35. The minimum atomic E-state index is 0.509. The summed E-state index contributed by atoms with van der Waals surface area (Å²) in [4.78, 5) is 6.59. The van der Waals surface area contributed by atoms with E-state index in [1.165, 1.54) is 5.56 Å². The van der Waals surface area contributed by atoms with Crippen molar-refractivity contribution in [2.45, 2.75) is 20.0 Å². The molecule has 2 N–H and O–H groups in total. The van der Waals surface area contributed by atoms with Crippen LogP contribution in [0, 0.1) is 0 Å². The molecule has 2 aromatic rings. The van der Waals surface area contributed by atoms with E-state index in [-0.39, 0.29) is 0 Å². The maximum Gasteiger partial charge on any atom is 0.123 e. The van der Waals surface area contributed by atoms with Crippen molar-refractivity contribution < 1.29 is 0 Å². The number of anilines is 1. The topological polar surface area (TPSA) is 42.2 Å². The van der Waals surface area contributed by atoms with Gasteiger partial charge in [-0.3, -0.25) is 4.90 Å². The molecule has 0 fully saturated rings. The summed E-state index contributed by atoms with van der Waals surface area (Å²) in [6.45, 7) is 4.64. The Labute approximate surface area is 119 Å². The summed E-state index contributed by atoms with van der Waals surface area (Å²) in [7, 11) is 0. The average molecular weight is 276 g/mol. The molecule has 0 radical (unpaired) electrons. The maximum atomic E-state index is 6.16. The summed E-state index contributed by atoms with van der Waals surface area (Å²) in [5.74, 6) is 0.509. The summed E-state index contributed by atoms with van der Waals surface area (Å²) in [5, 5.41) is 0.667. The Kier molecular flexibility index (Phi) is 4.77. The fraction of sp³-hybridized carbons (Fsp3) is 0.267. The van der Waals surface area contributed by atoms with Gasteiger partial charge in [-0.15, -0.1) is 0 Å². The van der Waals surface area contributed by atoms with Gasteiger partial charge in [0.15, 0.2) is 0 Å². The molecule has 0 aliphatic rings. The quantitative estimate of drug-likeness (QED) is 0.910. The van der Waals surface area contributed by atoms with Gasteiger partial charge in [-0.05, 0) is 24.2 Å². The summed E-state index contributed by atoms with van der Waals surface area (Å²) in [6, 6.07) is 13.9. The molecule has 1 aromatic heterocycles. The molecule has 0 atom stereocenters. The van der Waals surface area contributed by atoms with Crippen LogP contribution in [0.15, 0.2) is 42.5 Å². The lowest BCUT2D eigenvalue weighted by molar-refractivity contribution is 0.268. The molecule has 0 saturated heterocycles. The van der Waals surface area contributed by atoms with Crippen molar-refractivity contribution in [3.8, 4) is 0 Å². The molecule has 19 heavy (non-hydrogen) atoms. The van der Waals surface area contributed by atoms with Crippen LogP contribution in [-0.4, -0.2) is 16.4 Å². The summed E-state index contributed by atoms with van der Waals surface area (Å²) in [5.41, 5.74) is 7.82. The standard InChI is InChI=1S/C15H18ClN3/c1-2-19(10-12-6-4-3-5-7-12)11-14-13(16)8-9-15(17)18-14/h3-9H,2,10-11H2,1H3,(H2,17,18). The lowest BCUT2D eigenvalue weighted by atomic mass is 10.2. The zero-order chi connectivity index (χ0) is 13.7. The van der Waals surface area contributed by atoms with Crippen LogP contribution in [0.3, 0.4) is 0 Å². The van der Waals surface area contributed by atoms with Crippen molar-refractivity contribution in [2.75, 3.05) is 12.3 Å². The molecule has 0 saturated carbocycles. The molecule has 0 unspecified atom stereocenters. The summed E-state index contributed by atoms with van der Waals surface area (Å²) < 4.78 is 0. The zero-order valence-electron chi connectivity index (χ0n) is 11.0. The fourth-order valence-corrected chi connectivity index (χ4v) is 2.11. The van der Waals surface area contributed by atoms with E-state index in [1.807, 2.05) is 6.07 Å². The SMILES string of the molecule is CCN(Cc1ccccc1)Cc1nc(N)ccc1Cl. The van der Waals surface area contributed by atoms with Crippen molar-refractivity contribution >= 4 is 17.4 Å². The first kappa shape index (κ1) is 13.8. The van der Waals surface area contributed by atoms with Gasteiger partial charge in [-0.25, -0.2) is 4.98 Å². The minimum absolute atomic E-state index is 0.509. The van der Waals surface area contributed by atoms with Gasteiger partial charge >= 0.3 is 0 Å². The Morgan fingerprint density at radius 2 is 1.84 bits per heavy atom. The maximum absolute atomic E-state index is 6.16. The first-order valence-electron chi connectivity index (χ1n) is 6.36. The molecule has 1 aromatic carbocycles. The molecule has 4 heteroatoms. The number of nitrogens with zero attached hydrogens (tertiary/aromatic N) is 2. The third kappa shape index (κ3) is 3.94. The number of hydrogen-bond donors (Lipinski definition) is 1. The summed E-state index contributed by atoms with van der Waals surface area (Å²) >= 11 is 6.16. The highest BCUT2D eigenvalue weighted by Gasteiger charge is 2.09. The van der Waals surface area contributed by atoms with E-state index >= 15 is 0 Å². The first-order chi connectivity index (χ1) is 9.19. The van der Waals surface area contributed by atoms with Crippen molar-refractivity contribution in [3.05, 3.63) is 58.7 Å². The van der Waals surface area contributed by atoms with Gasteiger partial charge in [0, 0.05) is 13.1 Å². The Morgan fingerprint density at radius 1 is 1.11 bits per heavy atom. The molecular weight excluding hydrogens is 258 g/mol. The first-order valence-corrected chi connectivity index (χ1v) is 6.74. The lowest BCUT2D eigenvalue weighted by Crippen LogP contribution is -2.23. The largest absolute Gasteiger partial charge is 0.384 e. The van der Waals surface area contributed by atoms with Crippen LogP contribution in [0.5, 0.6) is 0 Å². The van der Waals surface area contributed by atoms with Crippen molar-refractivity contribution in [1.29, 1.82) is 0 Å². The highest BCUT2D eigenvalue weighted by atomic mass is 35.5. The van der Waals surface area contributed by atoms with E-state index in [9.17, 15) is 0 Å². The molecule has 2 rings (SSSR count). The van der Waals surface area contributed by atoms with Crippen molar-refractivity contribution in [3.63, 3.8) is 0 Å². The number of pyridine rings is 1. The van der Waals surface area contributed by atoms with Crippen LogP contribution < -0.4 is 5.73 Å². The number of rotatable bonds is 5. The van der Waals surface area contributed by atoms with Gasteiger partial charge in [0.1, 0.15) is 5.82 Å². The normalized spacial score (nSPS) is 10.9. The van der Waals surface area contributed by atoms with Crippen LogP contribution in [0.25, 0.3) is 0 Å². The molecule has 0 aliphatic carbocycles. The van der Waals surface area contributed by atoms with E-state index in [0.29, 0.717) is 17.4 Å². The van der Waals surface area contributed by atoms with Crippen LogP contribution >= 0.6 is 11.6 Å². The highest BCUT2D eigenvalue weighted by molar-refractivity contribution is 6.31. The van der Waals surface area contributed by atoms with Crippen LogP contribution in [0.4, 0.5) is 5.82 Å². The second-order valence-electron chi connectivity index (χ2n) is 4.45. The molecule has 3 nitrogen and oxygen atoms in total. The Bertz CT molecular complexity index is 528. The fourth-order valence-electron chi connectivity index (χ4n) is 1.95. The Morgan fingerprint density at radius 3 is 2.53 bits per heavy atom. The Balaban J connectivity index is 2.09. The van der Waals surface area contributed by atoms with Crippen LogP contribution in [0.1, 0.15) is 18.2 Å². The number of halogens is 1. The Hall–Kier alpha value is -1.58. The van der Waals surface area contributed by atoms with Gasteiger partial charge in [0.25, 0.3) is 0 Å². The predicted molar refractivity (Wildman–Crippen MR) is 79.9 cm³/mol. The number of benzene rings is 1. The van der Waals surface area contributed by atoms with Gasteiger partial charge in [0.05, 0.1) is 10.7 Å². The van der Waals surface area contributed by atoms with Crippen molar-refractivity contribution in [1.82, 2.24) is 9.88 Å². The number of aromatic nitrogens is 1. The predicted octanol–water partition coefficient (Wildman–Crippen LogP) is 3.34. The molecular formula is C15H18ClN3. The number of nitrogen functional groups attached to an aromatic ring is 1. The molecule has 0 aliphatic heterocycles. The van der Waals surface area contributed by atoms with E-state index in [4.69, 9.17) is 17.3 Å². The average Bonchev–Trinajstić information content (AvgIpc) is 2.43.